The fourth-order valence-corrected chi connectivity index (χ4v) is 6.61. The Labute approximate surface area is 207 Å². The number of amides is 1. The van der Waals surface area contributed by atoms with Gasteiger partial charge >= 0.3 is 0 Å². The Morgan fingerprint density at radius 3 is 2.64 bits per heavy atom. The van der Waals surface area contributed by atoms with Gasteiger partial charge in [-0.25, -0.2) is 0 Å². The first-order chi connectivity index (χ1) is 17.0. The van der Waals surface area contributed by atoms with E-state index >= 15 is 0 Å². The zero-order chi connectivity index (χ0) is 26.1. The van der Waals surface area contributed by atoms with Crippen LogP contribution in [0.15, 0.2) is 23.0 Å². The van der Waals surface area contributed by atoms with E-state index in [1.807, 2.05) is 11.8 Å². The number of Topliss-reactive ketones (excluding diaryl/α,β-unsaturated/α-hetero) is 2. The maximum absolute atomic E-state index is 13.8. The van der Waals surface area contributed by atoms with E-state index in [9.17, 15) is 34.8 Å². The third kappa shape index (κ3) is 3.20. The highest BCUT2D eigenvalue weighted by Crippen LogP contribution is 2.55. The molecule has 8 bridgehead atoms. The van der Waals surface area contributed by atoms with E-state index < -0.39 is 57.9 Å². The molecule has 3 aliphatic carbocycles. The molecule has 0 aromatic heterocycles. The van der Waals surface area contributed by atoms with Gasteiger partial charge in [0.25, 0.3) is 5.91 Å². The van der Waals surface area contributed by atoms with Crippen LogP contribution in [0.5, 0.6) is 5.75 Å². The number of fused-ring (bicyclic) bond motifs is 1. The van der Waals surface area contributed by atoms with Crippen LogP contribution < -0.4 is 11.5 Å². The molecule has 192 valence electrons. The van der Waals surface area contributed by atoms with E-state index in [1.54, 1.807) is 6.07 Å². The van der Waals surface area contributed by atoms with Gasteiger partial charge in [0, 0.05) is 35.2 Å². The first-order valence-electron chi connectivity index (χ1n) is 12.4. The highest BCUT2D eigenvalue weighted by Gasteiger charge is 2.63. The smallest absolute Gasteiger partial charge is 0.255 e. The lowest BCUT2D eigenvalue weighted by molar-refractivity contribution is -0.153. The van der Waals surface area contributed by atoms with Gasteiger partial charge in [-0.15, -0.1) is 0 Å². The number of ketones is 2. The summed E-state index contributed by atoms with van der Waals surface area (Å²) in [5, 5.41) is 45.1. The molecule has 0 saturated heterocycles. The van der Waals surface area contributed by atoms with Gasteiger partial charge in [0.05, 0.1) is 5.56 Å². The molecule has 1 fully saturated rings. The minimum atomic E-state index is -2.60. The topological polar surface area (TPSA) is 187 Å². The van der Waals surface area contributed by atoms with Crippen molar-refractivity contribution in [3.8, 4) is 5.75 Å². The van der Waals surface area contributed by atoms with Crippen molar-refractivity contribution in [2.75, 3.05) is 18.8 Å². The fraction of sp³-hybridized carbons (Fsp3) is 0.500. The predicted molar refractivity (Wildman–Crippen MR) is 129 cm³/mol. The Morgan fingerprint density at radius 1 is 1.25 bits per heavy atom. The van der Waals surface area contributed by atoms with Gasteiger partial charge in [0.15, 0.2) is 11.4 Å². The Hall–Kier alpha value is -3.37. The average molecular weight is 498 g/mol. The molecule has 10 heteroatoms. The Balaban J connectivity index is 1.80. The van der Waals surface area contributed by atoms with Crippen molar-refractivity contribution in [3.05, 3.63) is 39.7 Å². The summed E-state index contributed by atoms with van der Waals surface area (Å²) < 4.78 is 0. The van der Waals surface area contributed by atoms with Crippen molar-refractivity contribution >= 4 is 28.9 Å². The number of nitrogens with zero attached hydrogens (tertiary/aromatic N) is 1. The molecule has 1 aromatic carbocycles. The molecule has 2 unspecified atom stereocenters. The monoisotopic (exact) mass is 497 g/mol. The lowest BCUT2D eigenvalue weighted by Crippen LogP contribution is -2.61. The number of rotatable bonds is 4. The lowest BCUT2D eigenvalue weighted by Gasteiger charge is -2.49. The van der Waals surface area contributed by atoms with E-state index in [0.29, 0.717) is 29.9 Å². The first kappa shape index (κ1) is 24.3. The van der Waals surface area contributed by atoms with E-state index in [4.69, 9.17) is 11.5 Å². The molecule has 4 aliphatic heterocycles. The van der Waals surface area contributed by atoms with Crippen molar-refractivity contribution < 1.29 is 34.8 Å². The number of phenolic OH excluding ortho intramolecular Hbond substituents is 1. The second kappa shape index (κ2) is 8.35. The number of aliphatic hydroxyl groups excluding tert-OH is 2. The molecule has 0 radical (unpaired) electrons. The number of aromatic hydroxyl groups is 1. The summed E-state index contributed by atoms with van der Waals surface area (Å²) in [4.78, 5) is 41.5. The highest BCUT2D eigenvalue weighted by molar-refractivity contribution is 6.23. The van der Waals surface area contributed by atoms with E-state index in [1.165, 1.54) is 0 Å². The van der Waals surface area contributed by atoms with Crippen LogP contribution >= 0.6 is 0 Å². The lowest BCUT2D eigenvalue weighted by atomic mass is 9.55. The van der Waals surface area contributed by atoms with Crippen molar-refractivity contribution in [2.24, 2.45) is 23.5 Å². The summed E-state index contributed by atoms with van der Waals surface area (Å²) in [5.74, 6) is -7.25. The van der Waals surface area contributed by atoms with Crippen LogP contribution in [0.3, 0.4) is 0 Å². The van der Waals surface area contributed by atoms with Crippen LogP contribution in [-0.4, -0.2) is 61.5 Å². The summed E-state index contributed by atoms with van der Waals surface area (Å²) in [6.07, 6.45) is 2.25. The number of nitrogens with two attached hydrogens (primary N) is 2. The molecule has 7 aliphatic rings. The number of nitrogen functional groups attached to an aromatic ring is 1. The molecule has 36 heavy (non-hydrogen) atoms. The quantitative estimate of drug-likeness (QED) is 0.202. The van der Waals surface area contributed by atoms with Gasteiger partial charge < -0.3 is 31.9 Å². The summed E-state index contributed by atoms with van der Waals surface area (Å²) >= 11 is 0. The molecule has 1 amide bonds. The number of carbonyl (C=O) groups excluding carboxylic acids is 3. The molecule has 1 aromatic rings. The normalized spacial score (nSPS) is 30.0. The zero-order valence-corrected chi connectivity index (χ0v) is 20.1. The van der Waals surface area contributed by atoms with Gasteiger partial charge in [-0.2, -0.15) is 0 Å². The van der Waals surface area contributed by atoms with Crippen LogP contribution in [-0.2, 0) is 27.3 Å². The molecule has 8 rings (SSSR count). The molecule has 1 saturated carbocycles. The maximum Gasteiger partial charge on any atom is 0.255 e. The largest absolute Gasteiger partial charge is 0.508 e. The van der Waals surface area contributed by atoms with Gasteiger partial charge in [0.2, 0.25) is 5.78 Å². The van der Waals surface area contributed by atoms with Crippen LogP contribution in [0.25, 0.3) is 5.76 Å². The van der Waals surface area contributed by atoms with Gasteiger partial charge in [-0.05, 0) is 56.3 Å². The molecule has 4 heterocycles. The number of hydrogen-bond acceptors (Lipinski definition) is 9. The van der Waals surface area contributed by atoms with Gasteiger partial charge in [-0.3, -0.25) is 19.3 Å². The van der Waals surface area contributed by atoms with E-state index in [-0.39, 0.29) is 42.7 Å². The highest BCUT2D eigenvalue weighted by atomic mass is 16.3. The third-order valence-corrected chi connectivity index (χ3v) is 8.43. The number of anilines is 1. The minimum Gasteiger partial charge on any atom is -0.508 e. The molecular weight excluding hydrogens is 466 g/mol. The number of benzene rings is 1. The summed E-state index contributed by atoms with van der Waals surface area (Å²) in [7, 11) is 0. The second-order valence-electron chi connectivity index (χ2n) is 10.4. The fourth-order valence-electron chi connectivity index (χ4n) is 6.61. The van der Waals surface area contributed by atoms with E-state index in [2.05, 4.69) is 0 Å². The number of unbranched alkanes of at least 4 members (excludes halogenated alkanes) is 1. The third-order valence-electron chi connectivity index (χ3n) is 8.43. The van der Waals surface area contributed by atoms with Crippen LogP contribution in [0.1, 0.15) is 49.3 Å². The number of aliphatic hydroxyl groups is 3. The van der Waals surface area contributed by atoms with Gasteiger partial charge in [0.1, 0.15) is 22.8 Å². The number of hydrogen-bond donors (Lipinski definition) is 6. The summed E-state index contributed by atoms with van der Waals surface area (Å²) in [6, 6.07) is 1.68. The van der Waals surface area contributed by atoms with Crippen molar-refractivity contribution in [1.82, 2.24) is 4.90 Å². The molecule has 4 atom stereocenters. The zero-order valence-electron chi connectivity index (χ0n) is 20.1. The average Bonchev–Trinajstić information content (AvgIpc) is 2.83. The molecular formula is C26H31N3O7. The van der Waals surface area contributed by atoms with Crippen LogP contribution in [0, 0.1) is 17.8 Å². The first-order valence-corrected chi connectivity index (χ1v) is 12.4. The number of primary amides is 1. The Morgan fingerprint density at radius 2 is 1.97 bits per heavy atom. The minimum absolute atomic E-state index is 0.0448. The molecule has 0 spiro atoms. The van der Waals surface area contributed by atoms with Gasteiger partial charge in [-0.1, -0.05) is 13.3 Å². The van der Waals surface area contributed by atoms with Crippen molar-refractivity contribution in [3.63, 3.8) is 0 Å². The Kier molecular flexibility index (Phi) is 5.64. The predicted octanol–water partition coefficient (Wildman–Crippen LogP) is 1.24. The molecule has 8 N–H and O–H groups in total. The molecule has 10 nitrogen and oxygen atoms in total. The number of carbonyl (C=O) groups is 3. The van der Waals surface area contributed by atoms with E-state index in [0.717, 1.165) is 12.8 Å². The van der Waals surface area contributed by atoms with Crippen LogP contribution in [0.4, 0.5) is 5.69 Å². The summed E-state index contributed by atoms with van der Waals surface area (Å²) in [6.45, 7) is 3.32. The standard InChI is InChI=1S/C26H31N3O7/c1-2-3-5-29-6-4-13-15-8-11-7-14-16(27)9-12(10-29)20(30)18(14)22(32)17(11)23(33)26(15,36)24(34)19(21(13)31)25(28)35/h9,11,13,15,30,32,34,36H,2-8,10,27H2,1H3,(H2,28,35)/t11?,13?,15-,26-/m0/s1. The maximum atomic E-state index is 13.8. The second-order valence-corrected chi connectivity index (χ2v) is 10.4. The van der Waals surface area contributed by atoms with Crippen molar-refractivity contribution in [2.45, 2.75) is 51.2 Å². The van der Waals surface area contributed by atoms with Crippen molar-refractivity contribution in [1.29, 1.82) is 0 Å². The Bertz CT molecular complexity index is 1270. The number of phenols is 1. The SMILES string of the molecule is CCCCN1CCC2C(=O)C(C(N)=O)=C(O)[C@@]3(O)C(=O)C4=C(O)c5c(O)c(cc(N)c5CC4C[C@@H]23)C1. The summed E-state index contributed by atoms with van der Waals surface area (Å²) in [5.41, 5.74) is 9.64. The van der Waals surface area contributed by atoms with Crippen LogP contribution in [0.2, 0.25) is 0 Å².